The van der Waals surface area contributed by atoms with Gasteiger partial charge in [0.05, 0.1) is 5.92 Å². The zero-order valence-corrected chi connectivity index (χ0v) is 13.7. The number of hydrogen-bond acceptors (Lipinski definition) is 2. The monoisotopic (exact) mass is 397 g/mol. The maximum atomic E-state index is 13.5. The Bertz CT molecular complexity index is 557. The Balaban J connectivity index is 1.75. The average molecular weight is 398 g/mol. The molecule has 0 aliphatic heterocycles. The van der Waals surface area contributed by atoms with Crippen LogP contribution in [0, 0.1) is 11.7 Å². The fourth-order valence-corrected chi connectivity index (χ4v) is 2.90. The fraction of sp³-hybridized carbons (Fsp3) is 0.533. The number of nitrogens with one attached hydrogen (secondary N) is 1. The molecule has 0 bridgehead atoms. The van der Waals surface area contributed by atoms with Crippen molar-refractivity contribution in [3.05, 3.63) is 28.5 Å². The minimum Gasteiger partial charge on any atom is -0.481 e. The highest BCUT2D eigenvalue weighted by Gasteiger charge is 2.41. The number of alkyl halides is 3. The second-order valence-electron chi connectivity index (χ2n) is 5.52. The topological polar surface area (TPSA) is 38.3 Å². The molecule has 0 spiro atoms. The summed E-state index contributed by atoms with van der Waals surface area (Å²) in [6, 6.07) is 3.89. The Hall–Kier alpha value is -1.31. The predicted octanol–water partition coefficient (Wildman–Crippen LogP) is 4.20. The Morgan fingerprint density at radius 3 is 2.48 bits per heavy atom. The van der Waals surface area contributed by atoms with Crippen molar-refractivity contribution in [2.45, 2.75) is 37.9 Å². The Morgan fingerprint density at radius 1 is 1.26 bits per heavy atom. The van der Waals surface area contributed by atoms with Crippen LogP contribution in [0.4, 0.5) is 17.6 Å². The van der Waals surface area contributed by atoms with E-state index in [0.717, 1.165) is 0 Å². The summed E-state index contributed by atoms with van der Waals surface area (Å²) in [5, 5.41) is 2.63. The lowest BCUT2D eigenvalue weighted by molar-refractivity contribution is -0.182. The van der Waals surface area contributed by atoms with E-state index in [1.165, 1.54) is 12.1 Å². The van der Waals surface area contributed by atoms with Gasteiger partial charge in [-0.25, -0.2) is 4.39 Å². The van der Waals surface area contributed by atoms with Gasteiger partial charge in [-0.3, -0.25) is 4.79 Å². The van der Waals surface area contributed by atoms with Gasteiger partial charge in [-0.1, -0.05) is 15.9 Å². The van der Waals surface area contributed by atoms with Crippen molar-refractivity contribution in [1.29, 1.82) is 0 Å². The molecule has 1 amide bonds. The Kier molecular flexibility index (Phi) is 5.89. The van der Waals surface area contributed by atoms with Gasteiger partial charge in [-0.15, -0.1) is 0 Å². The third kappa shape index (κ3) is 5.37. The highest BCUT2D eigenvalue weighted by molar-refractivity contribution is 9.10. The van der Waals surface area contributed by atoms with Gasteiger partial charge < -0.3 is 10.1 Å². The summed E-state index contributed by atoms with van der Waals surface area (Å²) in [6.45, 7) is -0.377. The van der Waals surface area contributed by atoms with E-state index in [0.29, 0.717) is 4.47 Å². The molecule has 0 radical (unpaired) electrons. The molecule has 1 aliphatic rings. The van der Waals surface area contributed by atoms with Crippen LogP contribution in [0.25, 0.3) is 0 Å². The van der Waals surface area contributed by atoms with Crippen molar-refractivity contribution < 1.29 is 27.1 Å². The molecule has 0 saturated heterocycles. The standard InChI is InChI=1S/C15H16BrF4NO2/c16-10-3-6-13(12(17)7-10)23-8-14(22)21-11-4-1-9(2-5-11)15(18,19)20/h3,6-7,9,11H,1-2,4-5,8H2,(H,21,22). The summed E-state index contributed by atoms with van der Waals surface area (Å²) >= 11 is 3.11. The van der Waals surface area contributed by atoms with E-state index in [2.05, 4.69) is 21.2 Å². The molecule has 0 atom stereocenters. The molecule has 1 fully saturated rings. The fourth-order valence-electron chi connectivity index (χ4n) is 2.57. The summed E-state index contributed by atoms with van der Waals surface area (Å²) in [5.41, 5.74) is 0. The van der Waals surface area contributed by atoms with Crippen LogP contribution in [0.1, 0.15) is 25.7 Å². The lowest BCUT2D eigenvalue weighted by Crippen LogP contribution is -2.41. The summed E-state index contributed by atoms with van der Waals surface area (Å²) in [6.07, 6.45) is -3.59. The van der Waals surface area contributed by atoms with Gasteiger partial charge in [0.25, 0.3) is 5.91 Å². The second kappa shape index (κ2) is 7.51. The molecular weight excluding hydrogens is 382 g/mol. The number of halogens is 5. The minimum absolute atomic E-state index is 0.0106. The van der Waals surface area contributed by atoms with E-state index in [4.69, 9.17) is 4.74 Å². The first-order valence-corrected chi connectivity index (χ1v) is 7.99. The number of amides is 1. The van der Waals surface area contributed by atoms with Crippen molar-refractivity contribution in [2.75, 3.05) is 6.61 Å². The first-order valence-electron chi connectivity index (χ1n) is 7.19. The van der Waals surface area contributed by atoms with E-state index in [9.17, 15) is 22.4 Å². The number of rotatable bonds is 4. The molecular formula is C15H16BrF4NO2. The Labute approximate surface area is 139 Å². The zero-order chi connectivity index (χ0) is 17.0. The zero-order valence-electron chi connectivity index (χ0n) is 12.1. The van der Waals surface area contributed by atoms with Crippen LogP contribution in [-0.2, 0) is 4.79 Å². The number of carbonyl (C=O) groups is 1. The van der Waals surface area contributed by atoms with Gasteiger partial charge in [0.1, 0.15) is 0 Å². The molecule has 0 heterocycles. The minimum atomic E-state index is -4.17. The summed E-state index contributed by atoms with van der Waals surface area (Å²) in [5.74, 6) is -2.41. The Morgan fingerprint density at radius 2 is 1.91 bits per heavy atom. The van der Waals surface area contributed by atoms with Crippen LogP contribution in [0.5, 0.6) is 5.75 Å². The van der Waals surface area contributed by atoms with Crippen LogP contribution in [0.3, 0.4) is 0 Å². The molecule has 1 saturated carbocycles. The lowest BCUT2D eigenvalue weighted by atomic mass is 9.85. The van der Waals surface area contributed by atoms with Crippen LogP contribution < -0.4 is 10.1 Å². The van der Waals surface area contributed by atoms with Crippen molar-refractivity contribution in [3.63, 3.8) is 0 Å². The first-order chi connectivity index (χ1) is 10.8. The van der Waals surface area contributed by atoms with Gasteiger partial charge in [0.2, 0.25) is 0 Å². The van der Waals surface area contributed by atoms with Crippen LogP contribution in [0.2, 0.25) is 0 Å². The number of benzene rings is 1. The van der Waals surface area contributed by atoms with Crippen molar-refractivity contribution in [1.82, 2.24) is 5.32 Å². The third-order valence-corrected chi connectivity index (χ3v) is 4.30. The number of carbonyl (C=O) groups excluding carboxylic acids is 1. The van der Waals surface area contributed by atoms with E-state index >= 15 is 0 Å². The lowest BCUT2D eigenvalue weighted by Gasteiger charge is -2.30. The molecule has 8 heteroatoms. The van der Waals surface area contributed by atoms with Crippen molar-refractivity contribution in [2.24, 2.45) is 5.92 Å². The molecule has 2 rings (SSSR count). The van der Waals surface area contributed by atoms with E-state index in [-0.39, 0.29) is 44.1 Å². The highest BCUT2D eigenvalue weighted by Crippen LogP contribution is 2.37. The van der Waals surface area contributed by atoms with E-state index < -0.39 is 23.8 Å². The van der Waals surface area contributed by atoms with Crippen LogP contribution >= 0.6 is 15.9 Å². The summed E-state index contributed by atoms with van der Waals surface area (Å²) in [7, 11) is 0. The van der Waals surface area contributed by atoms with Gasteiger partial charge in [-0.05, 0) is 43.9 Å². The maximum Gasteiger partial charge on any atom is 0.391 e. The van der Waals surface area contributed by atoms with Gasteiger partial charge in [-0.2, -0.15) is 13.2 Å². The van der Waals surface area contributed by atoms with E-state index in [1.54, 1.807) is 6.07 Å². The quantitative estimate of drug-likeness (QED) is 0.773. The number of ether oxygens (including phenoxy) is 1. The molecule has 0 aromatic heterocycles. The smallest absolute Gasteiger partial charge is 0.391 e. The molecule has 128 valence electrons. The first kappa shape index (κ1) is 18.0. The molecule has 1 aliphatic carbocycles. The van der Waals surface area contributed by atoms with Gasteiger partial charge >= 0.3 is 6.18 Å². The summed E-state index contributed by atoms with van der Waals surface area (Å²) < 4.78 is 56.8. The highest BCUT2D eigenvalue weighted by atomic mass is 79.9. The second-order valence-corrected chi connectivity index (χ2v) is 6.44. The SMILES string of the molecule is O=C(COc1ccc(Br)cc1F)NC1CCC(C(F)(F)F)CC1. The van der Waals surface area contributed by atoms with Crippen molar-refractivity contribution in [3.8, 4) is 5.75 Å². The average Bonchev–Trinajstić information content (AvgIpc) is 2.46. The maximum absolute atomic E-state index is 13.5. The van der Waals surface area contributed by atoms with E-state index in [1.807, 2.05) is 0 Å². The van der Waals surface area contributed by atoms with Gasteiger partial charge in [0.15, 0.2) is 18.2 Å². The molecule has 23 heavy (non-hydrogen) atoms. The van der Waals surface area contributed by atoms with Gasteiger partial charge in [0, 0.05) is 10.5 Å². The molecule has 0 unspecified atom stereocenters. The molecule has 1 aromatic carbocycles. The third-order valence-electron chi connectivity index (χ3n) is 3.81. The largest absolute Gasteiger partial charge is 0.481 e. The number of hydrogen-bond donors (Lipinski definition) is 1. The summed E-state index contributed by atoms with van der Waals surface area (Å²) in [4.78, 5) is 11.8. The predicted molar refractivity (Wildman–Crippen MR) is 79.5 cm³/mol. The van der Waals surface area contributed by atoms with Crippen LogP contribution in [0.15, 0.2) is 22.7 Å². The molecule has 1 aromatic rings. The molecule has 3 nitrogen and oxygen atoms in total. The normalized spacial score (nSPS) is 21.8. The van der Waals surface area contributed by atoms with Crippen molar-refractivity contribution >= 4 is 21.8 Å². The van der Waals surface area contributed by atoms with Crippen LogP contribution in [-0.4, -0.2) is 24.7 Å². The molecule has 1 N–H and O–H groups in total.